The molecule has 0 aliphatic carbocycles. The number of nitrogens with zero attached hydrogens (tertiary/aromatic N) is 1. The molecule has 2 amide bonds. The summed E-state index contributed by atoms with van der Waals surface area (Å²) >= 11 is 2.33. The van der Waals surface area contributed by atoms with Gasteiger partial charge in [0.15, 0.2) is 0 Å². The van der Waals surface area contributed by atoms with Gasteiger partial charge >= 0.3 is 0 Å². The molecule has 0 bridgehead atoms. The van der Waals surface area contributed by atoms with E-state index in [4.69, 9.17) is 4.74 Å². The number of nitrogens with one attached hydrogen (secondary N) is 2. The van der Waals surface area contributed by atoms with Gasteiger partial charge in [0.05, 0.1) is 5.75 Å². The smallest absolute Gasteiger partial charge is 0.289 e. The topological polar surface area (TPSA) is 80.3 Å². The lowest BCUT2D eigenvalue weighted by molar-refractivity contribution is -0.119. The molecule has 0 aliphatic heterocycles. The molecule has 0 radical (unpaired) electrons. The molecule has 1 heterocycles. The molecule has 0 saturated carbocycles. The van der Waals surface area contributed by atoms with E-state index < -0.39 is 17.6 Å². The Morgan fingerprint density at radius 1 is 1.14 bits per heavy atom. The second-order valence-electron chi connectivity index (χ2n) is 5.95. The van der Waals surface area contributed by atoms with Gasteiger partial charge in [-0.25, -0.2) is 9.37 Å². The molecule has 2 aromatic carbocycles. The highest BCUT2D eigenvalue weighted by Gasteiger charge is 2.13. The number of aromatic nitrogens is 1. The predicted molar refractivity (Wildman–Crippen MR) is 110 cm³/mol. The monoisotopic (exact) mass is 431 g/mol. The Kier molecular flexibility index (Phi) is 7.20. The van der Waals surface area contributed by atoms with Gasteiger partial charge in [-0.2, -0.15) is 0 Å². The van der Waals surface area contributed by atoms with Crippen molar-refractivity contribution in [1.82, 2.24) is 15.8 Å². The molecular formula is C20H18FN3O3S2. The molecule has 29 heavy (non-hydrogen) atoms. The van der Waals surface area contributed by atoms with Crippen LogP contribution in [0.15, 0.2) is 58.8 Å². The number of rotatable bonds is 7. The quantitative estimate of drug-likeness (QED) is 0.440. The van der Waals surface area contributed by atoms with Crippen molar-refractivity contribution >= 4 is 34.9 Å². The number of hydrogen-bond donors (Lipinski definition) is 2. The Bertz CT molecular complexity index is 993. The van der Waals surface area contributed by atoms with Crippen LogP contribution in [0.3, 0.4) is 0 Å². The van der Waals surface area contributed by atoms with Crippen molar-refractivity contribution < 1.29 is 18.7 Å². The fourth-order valence-electron chi connectivity index (χ4n) is 2.19. The average molecular weight is 432 g/mol. The first-order valence-corrected chi connectivity index (χ1v) is 10.5. The van der Waals surface area contributed by atoms with Crippen LogP contribution in [0.1, 0.15) is 21.1 Å². The summed E-state index contributed by atoms with van der Waals surface area (Å²) in [6.07, 6.45) is 0. The summed E-state index contributed by atoms with van der Waals surface area (Å²) in [4.78, 5) is 28.5. The van der Waals surface area contributed by atoms with Crippen LogP contribution in [0, 0.1) is 12.7 Å². The number of thiazole rings is 1. The van der Waals surface area contributed by atoms with Crippen LogP contribution in [-0.4, -0.2) is 22.6 Å². The van der Waals surface area contributed by atoms with Crippen LogP contribution < -0.4 is 15.6 Å². The lowest BCUT2D eigenvalue weighted by Gasteiger charge is -2.06. The van der Waals surface area contributed by atoms with E-state index in [0.29, 0.717) is 9.90 Å². The highest BCUT2D eigenvalue weighted by molar-refractivity contribution is 8.00. The van der Waals surface area contributed by atoms with Gasteiger partial charge in [0, 0.05) is 10.3 Å². The van der Waals surface area contributed by atoms with Gasteiger partial charge in [0.2, 0.25) is 5.91 Å². The van der Waals surface area contributed by atoms with Crippen LogP contribution in [0.25, 0.3) is 0 Å². The number of carbonyl (C=O) groups is 2. The van der Waals surface area contributed by atoms with Crippen molar-refractivity contribution in [3.8, 4) is 5.75 Å². The van der Waals surface area contributed by atoms with Crippen molar-refractivity contribution in [3.63, 3.8) is 0 Å². The first-order chi connectivity index (χ1) is 14.0. The number of benzene rings is 2. The zero-order valence-corrected chi connectivity index (χ0v) is 17.1. The minimum absolute atomic E-state index is 0.0338. The van der Waals surface area contributed by atoms with Gasteiger partial charge in [0.1, 0.15) is 28.9 Å². The highest BCUT2D eigenvalue weighted by Crippen LogP contribution is 2.20. The number of thioether (sulfide) groups is 1. The van der Waals surface area contributed by atoms with E-state index in [1.807, 2.05) is 31.2 Å². The van der Waals surface area contributed by atoms with Crippen LogP contribution in [0.5, 0.6) is 5.75 Å². The van der Waals surface area contributed by atoms with E-state index in [0.717, 1.165) is 23.1 Å². The summed E-state index contributed by atoms with van der Waals surface area (Å²) in [5.74, 6) is -0.695. The van der Waals surface area contributed by atoms with E-state index in [2.05, 4.69) is 15.8 Å². The maximum Gasteiger partial charge on any atom is 0.289 e. The normalized spacial score (nSPS) is 10.4. The lowest BCUT2D eigenvalue weighted by Crippen LogP contribution is -2.42. The van der Waals surface area contributed by atoms with Crippen LogP contribution in [-0.2, 0) is 11.4 Å². The molecule has 3 rings (SSSR count). The Labute approximate surface area is 175 Å². The minimum atomic E-state index is -0.535. The van der Waals surface area contributed by atoms with Gasteiger partial charge < -0.3 is 4.74 Å². The van der Waals surface area contributed by atoms with Gasteiger partial charge in [-0.05, 0) is 31.2 Å². The molecule has 0 saturated heterocycles. The summed E-state index contributed by atoms with van der Waals surface area (Å²) in [5.41, 5.74) is 5.91. The maximum absolute atomic E-state index is 13.5. The molecule has 2 N–H and O–H groups in total. The zero-order chi connectivity index (χ0) is 20.6. The molecule has 9 heteroatoms. The minimum Gasteiger partial charge on any atom is -0.486 e. The lowest BCUT2D eigenvalue weighted by atomic mass is 10.2. The van der Waals surface area contributed by atoms with E-state index in [-0.39, 0.29) is 18.1 Å². The molecule has 0 fully saturated rings. The molecule has 1 aromatic heterocycles. The van der Waals surface area contributed by atoms with E-state index in [9.17, 15) is 14.0 Å². The molecule has 0 spiro atoms. The van der Waals surface area contributed by atoms with E-state index in [1.165, 1.54) is 17.4 Å². The molecule has 3 aromatic rings. The maximum atomic E-state index is 13.5. The average Bonchev–Trinajstić information content (AvgIpc) is 3.20. The van der Waals surface area contributed by atoms with Gasteiger partial charge in [-0.1, -0.05) is 29.8 Å². The van der Waals surface area contributed by atoms with Crippen LogP contribution in [0.2, 0.25) is 0 Å². The number of hydrogen-bond acceptors (Lipinski definition) is 6. The molecule has 0 atom stereocenters. The molecule has 150 valence electrons. The SMILES string of the molecule is Cc1ccc(OCc2nc(C(=O)NNC(=O)CSc3ccccc3F)cs2)cc1. The second-order valence-corrected chi connectivity index (χ2v) is 7.91. The zero-order valence-electron chi connectivity index (χ0n) is 15.5. The Balaban J connectivity index is 1.43. The Morgan fingerprint density at radius 2 is 1.90 bits per heavy atom. The van der Waals surface area contributed by atoms with Crippen molar-refractivity contribution in [2.24, 2.45) is 0 Å². The molecule has 0 aliphatic rings. The summed E-state index contributed by atoms with van der Waals surface area (Å²) in [6, 6.07) is 13.8. The summed E-state index contributed by atoms with van der Waals surface area (Å²) < 4.78 is 19.2. The predicted octanol–water partition coefficient (Wildman–Crippen LogP) is 3.72. The fraction of sp³-hybridized carbons (Fsp3) is 0.150. The standard InChI is InChI=1S/C20H18FN3O3S2/c1-13-6-8-14(9-7-13)27-10-19-22-16(11-29-19)20(26)24-23-18(25)12-28-17-5-3-2-4-15(17)21/h2-9,11H,10,12H2,1H3,(H,23,25)(H,24,26). The highest BCUT2D eigenvalue weighted by atomic mass is 32.2. The number of ether oxygens (including phenoxy) is 1. The van der Waals surface area contributed by atoms with Crippen molar-refractivity contribution in [2.45, 2.75) is 18.4 Å². The van der Waals surface area contributed by atoms with Crippen LogP contribution >= 0.6 is 23.1 Å². The van der Waals surface area contributed by atoms with Gasteiger partial charge in [-0.15, -0.1) is 23.1 Å². The first-order valence-electron chi connectivity index (χ1n) is 8.61. The molecule has 6 nitrogen and oxygen atoms in total. The van der Waals surface area contributed by atoms with Crippen molar-refractivity contribution in [3.05, 3.63) is 76.0 Å². The van der Waals surface area contributed by atoms with Gasteiger partial charge in [0.25, 0.3) is 5.91 Å². The first kappa shape index (κ1) is 20.8. The number of amides is 2. The largest absolute Gasteiger partial charge is 0.486 e. The van der Waals surface area contributed by atoms with Crippen LogP contribution in [0.4, 0.5) is 4.39 Å². The van der Waals surface area contributed by atoms with E-state index >= 15 is 0 Å². The number of halogens is 1. The summed E-state index contributed by atoms with van der Waals surface area (Å²) in [7, 11) is 0. The molecule has 0 unspecified atom stereocenters. The van der Waals surface area contributed by atoms with Crippen molar-refractivity contribution in [1.29, 1.82) is 0 Å². The summed E-state index contributed by atoms with van der Waals surface area (Å²) in [5, 5.41) is 2.22. The fourth-order valence-corrected chi connectivity index (χ4v) is 3.62. The third kappa shape index (κ3) is 6.30. The molecular weight excluding hydrogens is 413 g/mol. The number of hydrazine groups is 1. The number of carbonyl (C=O) groups excluding carboxylic acids is 2. The van der Waals surface area contributed by atoms with Gasteiger partial charge in [-0.3, -0.25) is 20.4 Å². The summed E-state index contributed by atoms with van der Waals surface area (Å²) in [6.45, 7) is 2.24. The Morgan fingerprint density at radius 3 is 2.66 bits per heavy atom. The third-order valence-corrected chi connectivity index (χ3v) is 5.55. The number of aryl methyl sites for hydroxylation is 1. The third-order valence-electron chi connectivity index (χ3n) is 3.68. The van der Waals surface area contributed by atoms with Crippen molar-refractivity contribution in [2.75, 3.05) is 5.75 Å². The van der Waals surface area contributed by atoms with E-state index in [1.54, 1.807) is 23.6 Å². The Hall–Kier alpha value is -2.91. The second kappa shape index (κ2) is 10.0.